The minimum atomic E-state index is -0.789. The van der Waals surface area contributed by atoms with E-state index in [9.17, 15) is 19.5 Å². The van der Waals surface area contributed by atoms with Crippen molar-refractivity contribution >= 4 is 29.6 Å². The second kappa shape index (κ2) is 33.3. The quantitative estimate of drug-likeness (QED) is 0.0209. The molecular formula is C35H71N15O4. The van der Waals surface area contributed by atoms with E-state index in [1.807, 2.05) is 0 Å². The number of phenolic OH excluding ortho intramolecular Hbond substituents is 1. The number of guanidine groups is 2. The van der Waals surface area contributed by atoms with Gasteiger partial charge < -0.3 is 77.6 Å². The maximum atomic E-state index is 12.8. The molecule has 0 aliphatic heterocycles. The van der Waals surface area contributed by atoms with Crippen LogP contribution in [0, 0.1) is 0 Å². The normalized spacial score (nSPS) is 12.3. The van der Waals surface area contributed by atoms with Crippen LogP contribution in [0.15, 0.2) is 34.3 Å². The van der Waals surface area contributed by atoms with Gasteiger partial charge in [-0.3, -0.25) is 24.4 Å². The predicted molar refractivity (Wildman–Crippen MR) is 217 cm³/mol. The van der Waals surface area contributed by atoms with Crippen LogP contribution >= 0.6 is 0 Å². The van der Waals surface area contributed by atoms with Crippen LogP contribution in [-0.4, -0.2) is 118 Å². The number of hydrogen-bond donors (Lipinski definition) is 14. The third-order valence-electron chi connectivity index (χ3n) is 7.89. The van der Waals surface area contributed by atoms with E-state index in [1.165, 1.54) is 12.1 Å². The standard InChI is InChI=1S/C22H40N8O3.C13H31N7O/c23-10-1-2-11-27-12-4-14-28-21(33)19(15-16-6-8-17(31)9-7-16)30-20(32)18(24)5-3-13-29-22(25)26;14-6-1-2-7-18-8-4-10-19-12(21)11(15)5-3-9-20-13(16)17/h6-9,18-19,27,31H,1-5,10-15,23-24H2,(H,28,33)(H,30,32)(H4,25,26,29);11,18H,1-10,14-15H2,(H,19,21)(H4,16,17,20). The maximum absolute atomic E-state index is 12.8. The number of hydrogen-bond acceptors (Lipinski definition) is 12. The van der Waals surface area contributed by atoms with Crippen LogP contribution < -0.4 is 72.5 Å². The molecule has 0 saturated heterocycles. The summed E-state index contributed by atoms with van der Waals surface area (Å²) in [5.41, 5.74) is 44.4. The van der Waals surface area contributed by atoms with Crippen molar-refractivity contribution in [3.63, 3.8) is 0 Å². The average Bonchev–Trinajstić information content (AvgIpc) is 3.14. The number of phenols is 1. The van der Waals surface area contributed by atoms with Crippen LogP contribution in [0.4, 0.5) is 0 Å². The van der Waals surface area contributed by atoms with Crippen LogP contribution in [-0.2, 0) is 20.8 Å². The molecule has 0 saturated carbocycles. The largest absolute Gasteiger partial charge is 0.508 e. The van der Waals surface area contributed by atoms with Crippen molar-refractivity contribution in [2.75, 3.05) is 65.4 Å². The van der Waals surface area contributed by atoms with E-state index in [1.54, 1.807) is 12.1 Å². The summed E-state index contributed by atoms with van der Waals surface area (Å²) in [6.07, 6.45) is 8.24. The zero-order valence-corrected chi connectivity index (χ0v) is 32.1. The topological polar surface area (TPSA) is 364 Å². The first-order valence-corrected chi connectivity index (χ1v) is 19.0. The molecule has 3 atom stereocenters. The lowest BCUT2D eigenvalue weighted by Gasteiger charge is -2.21. The van der Waals surface area contributed by atoms with Crippen LogP contribution in [0.5, 0.6) is 5.75 Å². The molecule has 0 aromatic heterocycles. The first kappa shape index (κ1) is 49.7. The Bertz CT molecular complexity index is 1180. The van der Waals surface area contributed by atoms with E-state index < -0.39 is 24.0 Å². The van der Waals surface area contributed by atoms with E-state index >= 15 is 0 Å². The molecule has 0 radical (unpaired) electrons. The van der Waals surface area contributed by atoms with Crippen molar-refractivity contribution in [3.8, 4) is 5.75 Å². The van der Waals surface area contributed by atoms with Gasteiger partial charge in [0.1, 0.15) is 11.8 Å². The monoisotopic (exact) mass is 766 g/mol. The van der Waals surface area contributed by atoms with Gasteiger partial charge in [-0.05, 0) is 121 Å². The summed E-state index contributed by atoms with van der Waals surface area (Å²) < 4.78 is 0. The Kier molecular flexibility index (Phi) is 30.7. The SMILES string of the molecule is NCCCCNCCCNC(=O)C(Cc1ccc(O)cc1)NC(=O)C(N)CCCN=C(N)N.NCCCCNCCCNC(=O)C(N)CCCN=C(N)N. The Morgan fingerprint density at radius 1 is 0.593 bits per heavy atom. The molecule has 0 aliphatic carbocycles. The second-order valence-electron chi connectivity index (χ2n) is 12.8. The van der Waals surface area contributed by atoms with E-state index in [0.717, 1.165) is 76.8 Å². The molecule has 54 heavy (non-hydrogen) atoms. The van der Waals surface area contributed by atoms with Gasteiger partial charge in [0, 0.05) is 32.6 Å². The Labute approximate surface area is 321 Å². The third-order valence-corrected chi connectivity index (χ3v) is 7.89. The van der Waals surface area contributed by atoms with Crippen molar-refractivity contribution in [1.82, 2.24) is 26.6 Å². The highest BCUT2D eigenvalue weighted by Crippen LogP contribution is 2.12. The second-order valence-corrected chi connectivity index (χ2v) is 12.8. The first-order chi connectivity index (χ1) is 25.9. The fraction of sp³-hybridized carbons (Fsp3) is 0.686. The van der Waals surface area contributed by atoms with Gasteiger partial charge in [-0.25, -0.2) is 0 Å². The van der Waals surface area contributed by atoms with E-state index in [0.29, 0.717) is 58.4 Å². The molecule has 19 nitrogen and oxygen atoms in total. The summed E-state index contributed by atoms with van der Waals surface area (Å²) in [7, 11) is 0. The molecule has 0 spiro atoms. The number of nitrogens with one attached hydrogen (secondary N) is 5. The van der Waals surface area contributed by atoms with E-state index in [-0.39, 0.29) is 35.9 Å². The van der Waals surface area contributed by atoms with Crippen molar-refractivity contribution in [2.45, 2.75) is 88.8 Å². The highest BCUT2D eigenvalue weighted by molar-refractivity contribution is 5.90. The first-order valence-electron chi connectivity index (χ1n) is 19.0. The third kappa shape index (κ3) is 29.2. The summed E-state index contributed by atoms with van der Waals surface area (Å²) in [4.78, 5) is 44.8. The van der Waals surface area contributed by atoms with Gasteiger partial charge in [0.15, 0.2) is 11.9 Å². The summed E-state index contributed by atoms with van der Waals surface area (Å²) >= 11 is 0. The van der Waals surface area contributed by atoms with Crippen molar-refractivity contribution in [2.24, 2.45) is 55.9 Å². The number of rotatable bonds is 30. The number of amides is 3. The van der Waals surface area contributed by atoms with Crippen LogP contribution in [0.25, 0.3) is 0 Å². The number of nitrogens with zero attached hydrogens (tertiary/aromatic N) is 2. The fourth-order valence-corrected chi connectivity index (χ4v) is 4.80. The van der Waals surface area contributed by atoms with Crippen molar-refractivity contribution < 1.29 is 19.5 Å². The molecule has 0 bridgehead atoms. The Morgan fingerprint density at radius 2 is 1.04 bits per heavy atom. The molecule has 1 rings (SSSR count). The molecule has 3 unspecified atom stereocenters. The Hall–Kier alpha value is -4.27. The lowest BCUT2D eigenvalue weighted by atomic mass is 10.0. The van der Waals surface area contributed by atoms with E-state index in [2.05, 4.69) is 36.6 Å². The molecule has 3 amide bonds. The van der Waals surface area contributed by atoms with Gasteiger partial charge in [-0.2, -0.15) is 0 Å². The minimum absolute atomic E-state index is 0.00980. The van der Waals surface area contributed by atoms with Crippen molar-refractivity contribution in [3.05, 3.63) is 29.8 Å². The van der Waals surface area contributed by atoms with Gasteiger partial charge in [0.05, 0.1) is 12.1 Å². The summed E-state index contributed by atoms with van der Waals surface area (Å²) in [6, 6.07) is 4.42. The molecule has 310 valence electrons. The van der Waals surface area contributed by atoms with Crippen LogP contribution in [0.1, 0.15) is 69.8 Å². The zero-order chi connectivity index (χ0) is 40.4. The number of nitrogens with two attached hydrogens (primary N) is 8. The lowest BCUT2D eigenvalue weighted by Crippen LogP contribution is -2.52. The molecule has 0 aliphatic rings. The number of unbranched alkanes of at least 4 members (excludes halogenated alkanes) is 2. The predicted octanol–water partition coefficient (Wildman–Crippen LogP) is -3.16. The average molecular weight is 766 g/mol. The summed E-state index contributed by atoms with van der Waals surface area (Å²) in [5.74, 6) is -0.641. The lowest BCUT2D eigenvalue weighted by molar-refractivity contribution is -0.129. The Morgan fingerprint density at radius 3 is 1.50 bits per heavy atom. The molecule has 22 N–H and O–H groups in total. The summed E-state index contributed by atoms with van der Waals surface area (Å²) in [5, 5.41) is 24.5. The summed E-state index contributed by atoms with van der Waals surface area (Å²) in [6.45, 7) is 6.92. The number of aromatic hydroxyl groups is 1. The van der Waals surface area contributed by atoms with Gasteiger partial charge in [0.2, 0.25) is 17.7 Å². The molecule has 1 aromatic carbocycles. The van der Waals surface area contributed by atoms with Gasteiger partial charge in [-0.15, -0.1) is 0 Å². The molecular weight excluding hydrogens is 694 g/mol. The minimum Gasteiger partial charge on any atom is -0.508 e. The van der Waals surface area contributed by atoms with E-state index in [4.69, 9.17) is 45.9 Å². The van der Waals surface area contributed by atoms with Gasteiger partial charge in [0.25, 0.3) is 0 Å². The molecule has 0 fully saturated rings. The Balaban J connectivity index is 0.00000115. The smallest absolute Gasteiger partial charge is 0.242 e. The highest BCUT2D eigenvalue weighted by atomic mass is 16.3. The fourth-order valence-electron chi connectivity index (χ4n) is 4.80. The molecule has 1 aromatic rings. The number of benzene rings is 1. The number of carbonyl (C=O) groups is 3. The zero-order valence-electron chi connectivity index (χ0n) is 32.1. The van der Waals surface area contributed by atoms with Crippen LogP contribution in [0.2, 0.25) is 0 Å². The van der Waals surface area contributed by atoms with Crippen LogP contribution in [0.3, 0.4) is 0 Å². The highest BCUT2D eigenvalue weighted by Gasteiger charge is 2.24. The number of carbonyl (C=O) groups excluding carboxylic acids is 3. The molecule has 19 heteroatoms. The maximum Gasteiger partial charge on any atom is 0.242 e. The molecule has 0 heterocycles. The number of aliphatic imine (C=N–C) groups is 2. The van der Waals surface area contributed by atoms with Gasteiger partial charge >= 0.3 is 0 Å². The van der Waals surface area contributed by atoms with Gasteiger partial charge in [-0.1, -0.05) is 12.1 Å². The van der Waals surface area contributed by atoms with Crippen molar-refractivity contribution in [1.29, 1.82) is 0 Å².